The minimum atomic E-state index is 0.684. The monoisotopic (exact) mass is 222 g/mol. The van der Waals surface area contributed by atoms with Crippen molar-refractivity contribution in [3.63, 3.8) is 0 Å². The summed E-state index contributed by atoms with van der Waals surface area (Å²) in [6.45, 7) is 0.684. The molecular weight excluding hydrogens is 212 g/mol. The summed E-state index contributed by atoms with van der Waals surface area (Å²) in [6.07, 6.45) is 1.73. The van der Waals surface area contributed by atoms with E-state index in [9.17, 15) is 0 Å². The van der Waals surface area contributed by atoms with E-state index in [1.165, 1.54) is 0 Å². The second kappa shape index (κ2) is 4.31. The summed E-state index contributed by atoms with van der Waals surface area (Å²) in [5.74, 6) is 0. The first-order chi connectivity index (χ1) is 7.25. The van der Waals surface area contributed by atoms with Gasteiger partial charge in [-0.25, -0.2) is 0 Å². The van der Waals surface area contributed by atoms with Crippen LogP contribution in [0.25, 0.3) is 0 Å². The molecule has 5 heteroatoms. The lowest BCUT2D eigenvalue weighted by molar-refractivity contribution is 0.683. The molecule has 1 aromatic carbocycles. The van der Waals surface area contributed by atoms with Gasteiger partial charge in [0.1, 0.15) is 0 Å². The Bertz CT molecular complexity index is 452. The molecular formula is C10H11ClN4. The summed E-state index contributed by atoms with van der Waals surface area (Å²) in [5, 5.41) is 11.6. The fourth-order valence-electron chi connectivity index (χ4n) is 1.26. The van der Waals surface area contributed by atoms with Crippen LogP contribution >= 0.6 is 11.6 Å². The molecule has 1 N–H and O–H groups in total. The maximum Gasteiger partial charge on any atom is 0.0774 e. The van der Waals surface area contributed by atoms with E-state index in [-0.39, 0.29) is 0 Å². The zero-order chi connectivity index (χ0) is 10.7. The number of anilines is 1. The highest BCUT2D eigenvalue weighted by atomic mass is 35.5. The molecule has 1 heterocycles. The van der Waals surface area contributed by atoms with Gasteiger partial charge in [0.05, 0.1) is 18.4 Å². The molecule has 0 aliphatic rings. The Morgan fingerprint density at radius 3 is 3.00 bits per heavy atom. The van der Waals surface area contributed by atoms with Gasteiger partial charge in [-0.1, -0.05) is 22.9 Å². The average Bonchev–Trinajstić information content (AvgIpc) is 2.61. The zero-order valence-electron chi connectivity index (χ0n) is 8.31. The van der Waals surface area contributed by atoms with Crippen LogP contribution in [0.5, 0.6) is 0 Å². The first-order valence-corrected chi connectivity index (χ1v) is 4.96. The molecule has 1 aromatic heterocycles. The van der Waals surface area contributed by atoms with Crippen LogP contribution in [-0.2, 0) is 13.6 Å². The third kappa shape index (κ3) is 2.47. The maximum atomic E-state index is 5.87. The predicted molar refractivity (Wildman–Crippen MR) is 59.8 cm³/mol. The third-order valence-electron chi connectivity index (χ3n) is 2.11. The molecule has 0 saturated carbocycles. The van der Waals surface area contributed by atoms with Gasteiger partial charge >= 0.3 is 0 Å². The van der Waals surface area contributed by atoms with Crippen molar-refractivity contribution in [1.82, 2.24) is 15.0 Å². The number of halogens is 1. The lowest BCUT2D eigenvalue weighted by atomic mass is 10.3. The molecule has 0 aliphatic carbocycles. The topological polar surface area (TPSA) is 42.7 Å². The highest BCUT2D eigenvalue weighted by Crippen LogP contribution is 2.15. The van der Waals surface area contributed by atoms with E-state index in [1.54, 1.807) is 10.9 Å². The lowest BCUT2D eigenvalue weighted by Gasteiger charge is -2.05. The largest absolute Gasteiger partial charge is 0.379 e. The summed E-state index contributed by atoms with van der Waals surface area (Å²) < 4.78 is 1.73. The van der Waals surface area contributed by atoms with Crippen molar-refractivity contribution in [3.8, 4) is 0 Å². The van der Waals surface area contributed by atoms with E-state index in [0.717, 1.165) is 16.4 Å². The highest BCUT2D eigenvalue weighted by Gasteiger charge is 1.99. The number of aryl methyl sites for hydroxylation is 1. The van der Waals surface area contributed by atoms with E-state index in [1.807, 2.05) is 31.3 Å². The van der Waals surface area contributed by atoms with Gasteiger partial charge in [0.2, 0.25) is 0 Å². The Kier molecular flexibility index (Phi) is 2.87. The number of rotatable bonds is 3. The Hall–Kier alpha value is -1.55. The first kappa shape index (κ1) is 9.98. The summed E-state index contributed by atoms with van der Waals surface area (Å²) in [5.41, 5.74) is 2.01. The van der Waals surface area contributed by atoms with E-state index >= 15 is 0 Å². The third-order valence-corrected chi connectivity index (χ3v) is 2.34. The van der Waals surface area contributed by atoms with Gasteiger partial charge in [-0.05, 0) is 18.2 Å². The number of nitrogens with one attached hydrogen (secondary N) is 1. The van der Waals surface area contributed by atoms with Crippen LogP contribution in [-0.4, -0.2) is 15.0 Å². The molecule has 0 saturated heterocycles. The summed E-state index contributed by atoms with van der Waals surface area (Å²) in [7, 11) is 1.86. The van der Waals surface area contributed by atoms with Crippen molar-refractivity contribution in [3.05, 3.63) is 41.2 Å². The predicted octanol–water partition coefficient (Wildman–Crippen LogP) is 2.08. The van der Waals surface area contributed by atoms with Crippen LogP contribution < -0.4 is 5.32 Å². The van der Waals surface area contributed by atoms with E-state index in [0.29, 0.717) is 6.54 Å². The van der Waals surface area contributed by atoms with Crippen molar-refractivity contribution >= 4 is 17.3 Å². The van der Waals surface area contributed by atoms with Crippen LogP contribution in [0.2, 0.25) is 5.02 Å². The normalized spacial score (nSPS) is 10.3. The smallest absolute Gasteiger partial charge is 0.0774 e. The number of hydrogen-bond donors (Lipinski definition) is 1. The zero-order valence-corrected chi connectivity index (χ0v) is 9.07. The van der Waals surface area contributed by atoms with Crippen molar-refractivity contribution in [1.29, 1.82) is 0 Å². The van der Waals surface area contributed by atoms with Crippen molar-refractivity contribution in [2.45, 2.75) is 6.54 Å². The average molecular weight is 223 g/mol. The summed E-state index contributed by atoms with van der Waals surface area (Å²) >= 11 is 5.87. The summed E-state index contributed by atoms with van der Waals surface area (Å²) in [6, 6.07) is 7.60. The molecule has 0 unspecified atom stereocenters. The van der Waals surface area contributed by atoms with Gasteiger partial charge in [0, 0.05) is 17.8 Å². The Morgan fingerprint density at radius 1 is 1.47 bits per heavy atom. The standard InChI is InChI=1S/C10H11ClN4/c1-15-10(7-13-14-15)6-12-9-4-2-3-8(11)5-9/h2-5,7,12H,6H2,1H3. The molecule has 78 valence electrons. The van der Waals surface area contributed by atoms with Crippen LogP contribution in [0.4, 0.5) is 5.69 Å². The van der Waals surface area contributed by atoms with Gasteiger partial charge < -0.3 is 5.32 Å². The second-order valence-corrected chi connectivity index (χ2v) is 3.65. The number of benzene rings is 1. The lowest BCUT2D eigenvalue weighted by Crippen LogP contribution is -2.05. The Labute approximate surface area is 92.9 Å². The maximum absolute atomic E-state index is 5.87. The minimum Gasteiger partial charge on any atom is -0.379 e. The van der Waals surface area contributed by atoms with E-state index in [4.69, 9.17) is 11.6 Å². The summed E-state index contributed by atoms with van der Waals surface area (Å²) in [4.78, 5) is 0. The quantitative estimate of drug-likeness (QED) is 0.865. The molecule has 0 fully saturated rings. The van der Waals surface area contributed by atoms with Crippen LogP contribution in [0.3, 0.4) is 0 Å². The van der Waals surface area contributed by atoms with Crippen molar-refractivity contribution < 1.29 is 0 Å². The number of hydrogen-bond acceptors (Lipinski definition) is 3. The number of aromatic nitrogens is 3. The minimum absolute atomic E-state index is 0.684. The molecule has 2 aromatic rings. The van der Waals surface area contributed by atoms with Gasteiger partial charge in [0.25, 0.3) is 0 Å². The second-order valence-electron chi connectivity index (χ2n) is 3.21. The van der Waals surface area contributed by atoms with Crippen LogP contribution in [0, 0.1) is 0 Å². The molecule has 0 radical (unpaired) electrons. The van der Waals surface area contributed by atoms with Gasteiger partial charge in [-0.3, -0.25) is 4.68 Å². The Morgan fingerprint density at radius 2 is 2.33 bits per heavy atom. The molecule has 0 aliphatic heterocycles. The molecule has 2 rings (SSSR count). The SMILES string of the molecule is Cn1nncc1CNc1cccc(Cl)c1. The molecule has 0 bridgehead atoms. The molecule has 0 spiro atoms. The van der Waals surface area contributed by atoms with Crippen molar-refractivity contribution in [2.75, 3.05) is 5.32 Å². The fraction of sp³-hybridized carbons (Fsp3) is 0.200. The first-order valence-electron chi connectivity index (χ1n) is 4.59. The van der Waals surface area contributed by atoms with Crippen LogP contribution in [0.1, 0.15) is 5.69 Å². The Balaban J connectivity index is 2.02. The molecule has 15 heavy (non-hydrogen) atoms. The molecule has 4 nitrogen and oxygen atoms in total. The van der Waals surface area contributed by atoms with Gasteiger partial charge in [-0.15, -0.1) is 5.10 Å². The van der Waals surface area contributed by atoms with E-state index < -0.39 is 0 Å². The van der Waals surface area contributed by atoms with Crippen LogP contribution in [0.15, 0.2) is 30.5 Å². The highest BCUT2D eigenvalue weighted by molar-refractivity contribution is 6.30. The van der Waals surface area contributed by atoms with Crippen molar-refractivity contribution in [2.24, 2.45) is 7.05 Å². The van der Waals surface area contributed by atoms with Gasteiger partial charge in [-0.2, -0.15) is 0 Å². The van der Waals surface area contributed by atoms with E-state index in [2.05, 4.69) is 15.6 Å². The van der Waals surface area contributed by atoms with Gasteiger partial charge in [0.15, 0.2) is 0 Å². The molecule has 0 atom stereocenters. The number of nitrogens with zero attached hydrogens (tertiary/aromatic N) is 3. The fourth-order valence-corrected chi connectivity index (χ4v) is 1.45. The molecule has 0 amide bonds.